The molecule has 0 N–H and O–H groups in total. The summed E-state index contributed by atoms with van der Waals surface area (Å²) >= 11 is 9.90. The van der Waals surface area contributed by atoms with Gasteiger partial charge in [0.2, 0.25) is 0 Å². The molecular weight excluding hydrogens is 590 g/mol. The molecule has 2 aromatic carbocycles. The molecule has 0 spiro atoms. The van der Waals surface area contributed by atoms with Crippen molar-refractivity contribution < 1.29 is 19.1 Å². The van der Waals surface area contributed by atoms with Crippen LogP contribution in [0.15, 0.2) is 63.4 Å². The van der Waals surface area contributed by atoms with Crippen LogP contribution in [0.4, 0.5) is 0 Å². The minimum Gasteiger partial charge on any atom is -0.490 e. The van der Waals surface area contributed by atoms with Gasteiger partial charge in [-0.25, -0.2) is 0 Å². The zero-order chi connectivity index (χ0) is 29.0. The Bertz CT molecular complexity index is 1400. The molecule has 1 aliphatic heterocycles. The Kier molecular flexibility index (Phi) is 7.73. The maximum Gasteiger partial charge on any atom is 0.175 e. The summed E-state index contributed by atoms with van der Waals surface area (Å²) < 4.78 is 13.0. The van der Waals surface area contributed by atoms with Crippen molar-refractivity contribution in [2.75, 3.05) is 13.7 Å². The van der Waals surface area contributed by atoms with E-state index in [1.54, 1.807) is 0 Å². The predicted octanol–water partition coefficient (Wildman–Crippen LogP) is 8.40. The lowest BCUT2D eigenvalue weighted by Crippen LogP contribution is -2.43. The maximum absolute atomic E-state index is 13.8. The summed E-state index contributed by atoms with van der Waals surface area (Å²) in [6, 6.07) is 11.5. The van der Waals surface area contributed by atoms with Crippen molar-refractivity contribution in [2.24, 2.45) is 10.8 Å². The summed E-state index contributed by atoms with van der Waals surface area (Å²) in [5.74, 6) is 0.939. The van der Waals surface area contributed by atoms with Crippen LogP contribution in [0.25, 0.3) is 0 Å². The van der Waals surface area contributed by atoms with E-state index in [-0.39, 0.29) is 22.4 Å². The first-order valence-electron chi connectivity index (χ1n) is 13.9. The number of ketones is 2. The van der Waals surface area contributed by atoms with Crippen molar-refractivity contribution in [2.45, 2.75) is 72.8 Å². The maximum atomic E-state index is 13.8. The largest absolute Gasteiger partial charge is 0.490 e. The molecule has 0 amide bonds. The Morgan fingerprint density at radius 3 is 2.08 bits per heavy atom. The third-order valence-electron chi connectivity index (χ3n) is 8.12. The number of Topliss-reactive ketones (excluding diaryl/α,β-unsaturated/α-hetero) is 2. The van der Waals surface area contributed by atoms with Gasteiger partial charge >= 0.3 is 0 Å². The lowest BCUT2D eigenvalue weighted by molar-refractivity contribution is -0.119. The standard InChI is InChI=1S/C33H37BrClNO4/c1-7-39-27-13-20(12-22(34)31(27)40-18-19-9-8-10-21(35)11-19)28-29-23(14-32(2,3)16-25(29)37)36(6)24-15-33(4,5)17-26(38)30(24)28/h8-13,28H,7,14-18H2,1-6H3. The van der Waals surface area contributed by atoms with E-state index in [0.29, 0.717) is 47.0 Å². The highest BCUT2D eigenvalue weighted by Crippen LogP contribution is 2.55. The summed E-state index contributed by atoms with van der Waals surface area (Å²) in [6.45, 7) is 11.3. The van der Waals surface area contributed by atoms with Crippen molar-refractivity contribution in [3.05, 3.63) is 79.6 Å². The van der Waals surface area contributed by atoms with Gasteiger partial charge < -0.3 is 14.4 Å². The summed E-state index contributed by atoms with van der Waals surface area (Å²) in [7, 11) is 2.03. The quantitative estimate of drug-likeness (QED) is 0.322. The third-order valence-corrected chi connectivity index (χ3v) is 8.94. The zero-order valence-electron chi connectivity index (χ0n) is 24.1. The highest BCUT2D eigenvalue weighted by atomic mass is 79.9. The number of hydrogen-bond acceptors (Lipinski definition) is 5. The topological polar surface area (TPSA) is 55.8 Å². The van der Waals surface area contributed by atoms with Gasteiger partial charge in [0.05, 0.1) is 11.1 Å². The molecule has 0 aromatic heterocycles. The molecular formula is C33H37BrClNO4. The number of rotatable bonds is 6. The van der Waals surface area contributed by atoms with Crippen LogP contribution in [0.3, 0.4) is 0 Å². The van der Waals surface area contributed by atoms with Gasteiger partial charge in [0.1, 0.15) is 6.61 Å². The Hall–Kier alpha value is -2.57. The van der Waals surface area contributed by atoms with Crippen LogP contribution in [-0.4, -0.2) is 30.1 Å². The van der Waals surface area contributed by atoms with Gasteiger partial charge in [-0.1, -0.05) is 51.4 Å². The molecule has 0 fully saturated rings. The van der Waals surface area contributed by atoms with Crippen LogP contribution in [0.5, 0.6) is 11.5 Å². The Morgan fingerprint density at radius 2 is 1.52 bits per heavy atom. The van der Waals surface area contributed by atoms with Gasteiger partial charge in [0.25, 0.3) is 0 Å². The van der Waals surface area contributed by atoms with Crippen LogP contribution in [0.2, 0.25) is 5.02 Å². The van der Waals surface area contributed by atoms with E-state index >= 15 is 0 Å². The molecule has 0 unspecified atom stereocenters. The van der Waals surface area contributed by atoms with E-state index in [4.69, 9.17) is 21.1 Å². The molecule has 3 aliphatic rings. The molecule has 2 aromatic rings. The molecule has 0 saturated carbocycles. The van der Waals surface area contributed by atoms with E-state index in [1.165, 1.54) is 0 Å². The highest BCUT2D eigenvalue weighted by molar-refractivity contribution is 9.10. The molecule has 40 heavy (non-hydrogen) atoms. The van der Waals surface area contributed by atoms with Crippen molar-refractivity contribution in [3.8, 4) is 11.5 Å². The fourth-order valence-corrected chi connectivity index (χ4v) is 7.22. The first-order chi connectivity index (χ1) is 18.8. The molecule has 5 rings (SSSR count). The fourth-order valence-electron chi connectivity index (χ4n) is 6.44. The van der Waals surface area contributed by atoms with Gasteiger partial charge in [-0.15, -0.1) is 0 Å². The number of ether oxygens (including phenoxy) is 2. The average molecular weight is 627 g/mol. The molecule has 2 aliphatic carbocycles. The molecule has 0 radical (unpaired) electrons. The number of halogens is 2. The molecule has 7 heteroatoms. The van der Waals surface area contributed by atoms with E-state index in [1.807, 2.05) is 50.4 Å². The van der Waals surface area contributed by atoms with Crippen LogP contribution in [0.1, 0.15) is 77.3 Å². The number of nitrogens with zero attached hydrogens (tertiary/aromatic N) is 1. The Balaban J connectivity index is 1.64. The second-order valence-electron chi connectivity index (χ2n) is 12.8. The highest BCUT2D eigenvalue weighted by Gasteiger charge is 2.48. The monoisotopic (exact) mass is 625 g/mol. The van der Waals surface area contributed by atoms with Gasteiger partial charge in [-0.05, 0) is 81.9 Å². The lowest BCUT2D eigenvalue weighted by Gasteiger charge is -2.48. The number of benzene rings is 2. The molecule has 1 heterocycles. The second-order valence-corrected chi connectivity index (χ2v) is 14.1. The first kappa shape index (κ1) is 28.9. The summed E-state index contributed by atoms with van der Waals surface area (Å²) in [4.78, 5) is 29.8. The van der Waals surface area contributed by atoms with Gasteiger partial charge in [0.15, 0.2) is 23.1 Å². The van der Waals surface area contributed by atoms with Crippen LogP contribution in [-0.2, 0) is 16.2 Å². The molecule has 212 valence electrons. The SMILES string of the molecule is CCOc1cc(C2C3=C(CC(C)(C)CC3=O)N(C)C3=C2C(=O)CC(C)(C)C3)cc(Br)c1OCc1cccc(Cl)c1. The number of hydrogen-bond donors (Lipinski definition) is 0. The summed E-state index contributed by atoms with van der Waals surface area (Å²) in [6.07, 6.45) is 2.48. The van der Waals surface area contributed by atoms with Crippen LogP contribution >= 0.6 is 27.5 Å². The molecule has 0 atom stereocenters. The van der Waals surface area contributed by atoms with Crippen LogP contribution in [0, 0.1) is 10.8 Å². The average Bonchev–Trinajstić information content (AvgIpc) is 2.84. The van der Waals surface area contributed by atoms with E-state index in [2.05, 4.69) is 48.5 Å². The number of allylic oxidation sites excluding steroid dienone is 4. The van der Waals surface area contributed by atoms with Gasteiger partial charge in [-0.3, -0.25) is 9.59 Å². The van der Waals surface area contributed by atoms with Crippen molar-refractivity contribution >= 4 is 39.1 Å². The van der Waals surface area contributed by atoms with E-state index < -0.39 is 5.92 Å². The van der Waals surface area contributed by atoms with Gasteiger partial charge in [-0.2, -0.15) is 0 Å². The Labute approximate surface area is 250 Å². The smallest absolute Gasteiger partial charge is 0.175 e. The van der Waals surface area contributed by atoms with E-state index in [9.17, 15) is 9.59 Å². The van der Waals surface area contributed by atoms with Crippen molar-refractivity contribution in [1.29, 1.82) is 0 Å². The summed E-state index contributed by atoms with van der Waals surface area (Å²) in [5, 5.41) is 0.650. The second kappa shape index (κ2) is 10.7. The summed E-state index contributed by atoms with van der Waals surface area (Å²) in [5.41, 5.74) is 5.07. The molecule has 0 saturated heterocycles. The minimum atomic E-state index is -0.439. The number of carbonyl (C=O) groups excluding carboxylic acids is 2. The normalized spacial score (nSPS) is 20.4. The molecule has 0 bridgehead atoms. The van der Waals surface area contributed by atoms with Crippen molar-refractivity contribution in [1.82, 2.24) is 4.90 Å². The van der Waals surface area contributed by atoms with Gasteiger partial charge in [0, 0.05) is 53.4 Å². The minimum absolute atomic E-state index is 0.114. The van der Waals surface area contributed by atoms with Crippen molar-refractivity contribution in [3.63, 3.8) is 0 Å². The predicted molar refractivity (Wildman–Crippen MR) is 162 cm³/mol. The lowest BCUT2D eigenvalue weighted by atomic mass is 9.64. The molecule has 5 nitrogen and oxygen atoms in total. The van der Waals surface area contributed by atoms with Crippen LogP contribution < -0.4 is 9.47 Å². The number of carbonyl (C=O) groups is 2. The Morgan fingerprint density at radius 1 is 0.925 bits per heavy atom. The fraction of sp³-hybridized carbons (Fsp3) is 0.455. The van der Waals surface area contributed by atoms with E-state index in [0.717, 1.165) is 46.5 Å². The zero-order valence-corrected chi connectivity index (χ0v) is 26.5. The third kappa shape index (κ3) is 5.49. The first-order valence-corrected chi connectivity index (χ1v) is 15.1.